The molecule has 2 aromatic heterocycles. The van der Waals surface area contributed by atoms with E-state index in [4.69, 9.17) is 0 Å². The highest BCUT2D eigenvalue weighted by Crippen LogP contribution is 2.21. The maximum atomic E-state index is 12.3. The number of para-hydroxylation sites is 1. The van der Waals surface area contributed by atoms with Gasteiger partial charge in [-0.3, -0.25) is 4.79 Å². The third kappa shape index (κ3) is 2.82. The van der Waals surface area contributed by atoms with E-state index < -0.39 is 0 Å². The van der Waals surface area contributed by atoms with Crippen molar-refractivity contribution in [3.63, 3.8) is 0 Å². The van der Waals surface area contributed by atoms with E-state index in [-0.39, 0.29) is 5.91 Å². The van der Waals surface area contributed by atoms with Gasteiger partial charge in [0.05, 0.1) is 5.69 Å². The molecule has 1 amide bonds. The lowest BCUT2D eigenvalue weighted by Crippen LogP contribution is -2.52. The fourth-order valence-corrected chi connectivity index (χ4v) is 2.97. The normalized spacial score (nSPS) is 14.6. The fraction of sp³-hybridized carbons (Fsp3) is 0.278. The van der Waals surface area contributed by atoms with Crippen LogP contribution in [-0.2, 0) is 0 Å². The average molecular weight is 321 g/mol. The van der Waals surface area contributed by atoms with Gasteiger partial charge in [0, 0.05) is 36.5 Å². The summed E-state index contributed by atoms with van der Waals surface area (Å²) in [6, 6.07) is 13.7. The molecule has 1 aromatic carbocycles. The number of aryl methyl sites for hydroxylation is 1. The average Bonchev–Trinajstić information content (AvgIpc) is 2.99. The second-order valence-corrected chi connectivity index (χ2v) is 6.28. The number of nitrogens with one attached hydrogen (secondary N) is 2. The van der Waals surface area contributed by atoms with Gasteiger partial charge in [-0.15, -0.1) is 5.10 Å². The molecule has 1 aliphatic heterocycles. The molecule has 6 heteroatoms. The Morgan fingerprint density at radius 3 is 2.83 bits per heavy atom. The zero-order valence-corrected chi connectivity index (χ0v) is 13.5. The number of H-pyrrole nitrogens is 1. The van der Waals surface area contributed by atoms with E-state index in [1.54, 1.807) is 0 Å². The zero-order chi connectivity index (χ0) is 16.5. The Morgan fingerprint density at radius 1 is 1.25 bits per heavy atom. The molecule has 1 aliphatic rings. The second-order valence-electron chi connectivity index (χ2n) is 6.28. The smallest absolute Gasteiger partial charge is 0.267 e. The molecule has 122 valence electrons. The van der Waals surface area contributed by atoms with Crippen LogP contribution in [0.1, 0.15) is 16.2 Å². The van der Waals surface area contributed by atoms with Crippen LogP contribution in [0.15, 0.2) is 42.5 Å². The van der Waals surface area contributed by atoms with Crippen LogP contribution < -0.4 is 10.2 Å². The Morgan fingerprint density at radius 2 is 2.08 bits per heavy atom. The molecule has 0 spiro atoms. The Kier molecular flexibility index (Phi) is 3.65. The van der Waals surface area contributed by atoms with Gasteiger partial charge in [0.2, 0.25) is 0 Å². The van der Waals surface area contributed by atoms with Gasteiger partial charge in [-0.25, -0.2) is 0 Å². The van der Waals surface area contributed by atoms with Gasteiger partial charge in [-0.2, -0.15) is 5.10 Å². The quantitative estimate of drug-likeness (QED) is 0.772. The maximum Gasteiger partial charge on any atom is 0.267 e. The van der Waals surface area contributed by atoms with Crippen LogP contribution in [0.25, 0.3) is 10.9 Å². The van der Waals surface area contributed by atoms with Gasteiger partial charge in [0.25, 0.3) is 5.91 Å². The molecule has 0 bridgehead atoms. The molecule has 1 saturated heterocycles. The first-order chi connectivity index (χ1) is 11.7. The Hall–Kier alpha value is -2.89. The molecule has 0 unspecified atom stereocenters. The number of amides is 1. The highest BCUT2D eigenvalue weighted by molar-refractivity contribution is 5.97. The summed E-state index contributed by atoms with van der Waals surface area (Å²) >= 11 is 0. The van der Waals surface area contributed by atoms with Gasteiger partial charge in [0.1, 0.15) is 5.69 Å². The van der Waals surface area contributed by atoms with E-state index in [2.05, 4.69) is 25.4 Å². The monoisotopic (exact) mass is 321 g/mol. The summed E-state index contributed by atoms with van der Waals surface area (Å²) in [6.07, 6.45) is 0. The van der Waals surface area contributed by atoms with Crippen molar-refractivity contribution in [2.75, 3.05) is 24.5 Å². The number of nitrogens with zero attached hydrogens (tertiary/aromatic N) is 3. The first-order valence-electron chi connectivity index (χ1n) is 8.10. The highest BCUT2D eigenvalue weighted by atomic mass is 16.1. The first-order valence-corrected chi connectivity index (χ1v) is 8.10. The van der Waals surface area contributed by atoms with Gasteiger partial charge in [-0.05, 0) is 31.2 Å². The predicted octanol–water partition coefficient (Wildman–Crippen LogP) is 2.13. The lowest BCUT2D eigenvalue weighted by atomic mass is 10.0. The third-order valence-electron chi connectivity index (χ3n) is 4.39. The highest BCUT2D eigenvalue weighted by Gasteiger charge is 2.28. The summed E-state index contributed by atoms with van der Waals surface area (Å²) in [7, 11) is 0. The number of hydrogen-bond donors (Lipinski definition) is 2. The van der Waals surface area contributed by atoms with E-state index >= 15 is 0 Å². The minimum absolute atomic E-state index is 0.0558. The summed E-state index contributed by atoms with van der Waals surface area (Å²) in [5.41, 5.74) is 2.51. The van der Waals surface area contributed by atoms with Crippen molar-refractivity contribution in [3.05, 3.63) is 53.9 Å². The van der Waals surface area contributed by atoms with Gasteiger partial charge < -0.3 is 15.2 Å². The molecular weight excluding hydrogens is 302 g/mol. The number of aromatic nitrogens is 3. The van der Waals surface area contributed by atoms with Crippen LogP contribution in [0.2, 0.25) is 0 Å². The summed E-state index contributed by atoms with van der Waals surface area (Å²) in [6.45, 7) is 4.38. The van der Waals surface area contributed by atoms with Crippen molar-refractivity contribution in [2.24, 2.45) is 5.92 Å². The largest absolute Gasteiger partial charge is 0.354 e. The number of anilines is 1. The number of fused-ring (bicyclic) bond motifs is 1. The zero-order valence-electron chi connectivity index (χ0n) is 13.5. The molecule has 0 aliphatic carbocycles. The summed E-state index contributed by atoms with van der Waals surface area (Å²) < 4.78 is 0. The number of carbonyl (C=O) groups excluding carboxylic acids is 1. The Balaban J connectivity index is 1.30. The van der Waals surface area contributed by atoms with Crippen LogP contribution in [0.3, 0.4) is 0 Å². The lowest BCUT2D eigenvalue weighted by molar-refractivity contribution is 0.0940. The number of aromatic amines is 1. The molecule has 6 nitrogen and oxygen atoms in total. The van der Waals surface area contributed by atoms with E-state index in [0.29, 0.717) is 18.2 Å². The fourth-order valence-electron chi connectivity index (χ4n) is 2.97. The van der Waals surface area contributed by atoms with Crippen molar-refractivity contribution in [2.45, 2.75) is 6.92 Å². The topological polar surface area (TPSA) is 73.9 Å². The molecule has 1 fully saturated rings. The molecule has 0 radical (unpaired) electrons. The molecule has 3 heterocycles. The Labute approximate surface area is 139 Å². The van der Waals surface area contributed by atoms with Gasteiger partial charge in [-0.1, -0.05) is 18.2 Å². The van der Waals surface area contributed by atoms with Crippen LogP contribution in [0, 0.1) is 12.8 Å². The number of rotatable bonds is 4. The minimum Gasteiger partial charge on any atom is -0.354 e. The first kappa shape index (κ1) is 14.7. The molecular formula is C18H19N5O. The van der Waals surface area contributed by atoms with Crippen molar-refractivity contribution in [1.82, 2.24) is 20.5 Å². The van der Waals surface area contributed by atoms with E-state index in [1.165, 1.54) is 0 Å². The van der Waals surface area contributed by atoms with E-state index in [0.717, 1.165) is 35.5 Å². The molecule has 0 atom stereocenters. The summed E-state index contributed by atoms with van der Waals surface area (Å²) in [5.74, 6) is 1.29. The number of carbonyl (C=O) groups is 1. The number of benzene rings is 1. The van der Waals surface area contributed by atoms with E-state index in [9.17, 15) is 4.79 Å². The predicted molar refractivity (Wildman–Crippen MR) is 93.1 cm³/mol. The molecule has 3 aromatic rings. The number of hydrogen-bond acceptors (Lipinski definition) is 4. The molecule has 4 rings (SSSR count). The molecule has 24 heavy (non-hydrogen) atoms. The van der Waals surface area contributed by atoms with Crippen LogP contribution in [-0.4, -0.2) is 40.7 Å². The van der Waals surface area contributed by atoms with Crippen LogP contribution >= 0.6 is 0 Å². The van der Waals surface area contributed by atoms with Crippen LogP contribution in [0.4, 0.5) is 5.82 Å². The van der Waals surface area contributed by atoms with Crippen LogP contribution in [0.5, 0.6) is 0 Å². The standard InChI is InChI=1S/C18H19N5O/c1-12-6-7-17(22-21-12)23-10-13(11-23)9-19-18(24)16-8-14-4-2-3-5-15(14)20-16/h2-8,13,20H,9-11H2,1H3,(H,19,24). The van der Waals surface area contributed by atoms with Crippen molar-refractivity contribution in [1.29, 1.82) is 0 Å². The second kappa shape index (κ2) is 5.96. The Bertz CT molecular complexity index is 832. The summed E-state index contributed by atoms with van der Waals surface area (Å²) in [5, 5.41) is 12.3. The lowest BCUT2D eigenvalue weighted by Gasteiger charge is -2.39. The van der Waals surface area contributed by atoms with Gasteiger partial charge >= 0.3 is 0 Å². The van der Waals surface area contributed by atoms with Crippen molar-refractivity contribution >= 4 is 22.6 Å². The van der Waals surface area contributed by atoms with E-state index in [1.807, 2.05) is 49.4 Å². The molecule has 0 saturated carbocycles. The maximum absolute atomic E-state index is 12.3. The summed E-state index contributed by atoms with van der Waals surface area (Å²) in [4.78, 5) is 17.6. The molecule has 2 N–H and O–H groups in total. The van der Waals surface area contributed by atoms with Gasteiger partial charge in [0.15, 0.2) is 5.82 Å². The van der Waals surface area contributed by atoms with Crippen molar-refractivity contribution in [3.8, 4) is 0 Å². The van der Waals surface area contributed by atoms with Crippen molar-refractivity contribution < 1.29 is 4.79 Å². The third-order valence-corrected chi connectivity index (χ3v) is 4.39. The SMILES string of the molecule is Cc1ccc(N2CC(CNC(=O)c3cc4ccccc4[nH]3)C2)nn1. The minimum atomic E-state index is -0.0558.